The van der Waals surface area contributed by atoms with Crippen molar-refractivity contribution >= 4 is 57.3 Å². The number of urea groups is 1. The Labute approximate surface area is 175 Å². The van der Waals surface area contributed by atoms with E-state index in [-0.39, 0.29) is 18.0 Å². The van der Waals surface area contributed by atoms with Crippen LogP contribution in [0.2, 0.25) is 0 Å². The largest absolute Gasteiger partial charge is 0.368 e. The highest BCUT2D eigenvalue weighted by Crippen LogP contribution is 2.28. The number of hydrogen-bond donors (Lipinski definition) is 2. The summed E-state index contributed by atoms with van der Waals surface area (Å²) in [6.07, 6.45) is 1.75. The van der Waals surface area contributed by atoms with Crippen LogP contribution in [0.5, 0.6) is 0 Å². The third kappa shape index (κ3) is 3.05. The molecule has 0 saturated carbocycles. The average molecular weight is 424 g/mol. The Kier molecular flexibility index (Phi) is 4.35. The highest BCUT2D eigenvalue weighted by Gasteiger charge is 2.30. The summed E-state index contributed by atoms with van der Waals surface area (Å²) < 4.78 is 10.2. The number of benzene rings is 1. The van der Waals surface area contributed by atoms with E-state index in [9.17, 15) is 4.79 Å². The molecule has 154 valence electrons. The maximum Gasteiger partial charge on any atom is 0.322 e. The van der Waals surface area contributed by atoms with E-state index in [0.717, 1.165) is 28.4 Å². The number of aryl methyl sites for hydroxylation is 1. The molecule has 0 aliphatic carbocycles. The molecule has 1 unspecified atom stereocenters. The molecule has 1 saturated heterocycles. The van der Waals surface area contributed by atoms with Crippen LogP contribution in [-0.4, -0.2) is 65.1 Å². The Morgan fingerprint density at radius 1 is 1.27 bits per heavy atom. The van der Waals surface area contributed by atoms with Gasteiger partial charge in [0.1, 0.15) is 16.9 Å². The van der Waals surface area contributed by atoms with Gasteiger partial charge in [-0.2, -0.15) is 23.8 Å². The molecule has 11 nitrogen and oxygen atoms in total. The maximum absolute atomic E-state index is 12.9. The van der Waals surface area contributed by atoms with Gasteiger partial charge in [-0.1, -0.05) is 6.07 Å². The zero-order valence-corrected chi connectivity index (χ0v) is 17.3. The lowest BCUT2D eigenvalue weighted by Gasteiger charge is -2.40. The highest BCUT2D eigenvalue weighted by molar-refractivity contribution is 7.00. The van der Waals surface area contributed by atoms with Crippen molar-refractivity contribution in [3.8, 4) is 0 Å². The first kappa shape index (κ1) is 18.5. The predicted octanol–water partition coefficient (Wildman–Crippen LogP) is 1.69. The molecule has 12 heteroatoms. The first-order valence-electron chi connectivity index (χ1n) is 9.50. The van der Waals surface area contributed by atoms with Crippen molar-refractivity contribution in [1.29, 1.82) is 0 Å². The molecule has 4 heterocycles. The van der Waals surface area contributed by atoms with Crippen LogP contribution in [0.3, 0.4) is 0 Å². The van der Waals surface area contributed by atoms with Gasteiger partial charge in [0.15, 0.2) is 5.65 Å². The molecule has 3 aromatic heterocycles. The number of anilines is 3. The summed E-state index contributed by atoms with van der Waals surface area (Å²) in [5, 5.41) is 8.09. The molecule has 1 aliphatic heterocycles. The van der Waals surface area contributed by atoms with E-state index in [1.165, 1.54) is 0 Å². The maximum atomic E-state index is 12.9. The van der Waals surface area contributed by atoms with E-state index >= 15 is 0 Å². The van der Waals surface area contributed by atoms with Crippen LogP contribution in [0.1, 0.15) is 6.92 Å². The molecule has 1 fully saturated rings. The van der Waals surface area contributed by atoms with Crippen LogP contribution in [-0.2, 0) is 7.05 Å². The van der Waals surface area contributed by atoms with E-state index in [1.54, 1.807) is 15.8 Å². The molecule has 30 heavy (non-hydrogen) atoms. The third-order valence-corrected chi connectivity index (χ3v) is 5.85. The van der Waals surface area contributed by atoms with Gasteiger partial charge in [-0.3, -0.25) is 4.68 Å². The summed E-state index contributed by atoms with van der Waals surface area (Å²) in [5.74, 6) is 0.954. The number of amides is 2. The fourth-order valence-corrected chi connectivity index (χ4v) is 4.35. The molecule has 3 N–H and O–H groups in total. The van der Waals surface area contributed by atoms with Crippen molar-refractivity contribution < 1.29 is 4.79 Å². The fourth-order valence-electron chi connectivity index (χ4n) is 3.80. The van der Waals surface area contributed by atoms with Crippen molar-refractivity contribution in [3.63, 3.8) is 0 Å². The molecule has 1 aromatic carbocycles. The highest BCUT2D eigenvalue weighted by atomic mass is 32.1. The summed E-state index contributed by atoms with van der Waals surface area (Å²) in [4.78, 5) is 25.6. The molecule has 1 aliphatic rings. The van der Waals surface area contributed by atoms with E-state index in [0.29, 0.717) is 36.5 Å². The molecule has 2 amide bonds. The number of carbonyl (C=O) groups is 1. The van der Waals surface area contributed by atoms with Crippen LogP contribution in [0.4, 0.5) is 22.2 Å². The van der Waals surface area contributed by atoms with Gasteiger partial charge in [-0.05, 0) is 19.1 Å². The number of hydrogen-bond acceptors (Lipinski definition) is 9. The van der Waals surface area contributed by atoms with Gasteiger partial charge in [0.05, 0.1) is 29.0 Å². The SMILES string of the molecule is CC1CN(C(=O)Nc2cccc3nsnc23)CCN1c1nc(N)nc2c1cnn2C. The number of nitrogens with zero attached hydrogens (tertiary/aromatic N) is 8. The predicted molar refractivity (Wildman–Crippen MR) is 116 cm³/mol. The normalized spacial score (nSPS) is 17.1. The summed E-state index contributed by atoms with van der Waals surface area (Å²) in [6, 6.07) is 5.46. The van der Waals surface area contributed by atoms with Gasteiger partial charge < -0.3 is 20.9 Å². The Morgan fingerprint density at radius 3 is 2.97 bits per heavy atom. The first-order chi connectivity index (χ1) is 14.5. The second kappa shape index (κ2) is 7.06. The lowest BCUT2D eigenvalue weighted by Crippen LogP contribution is -2.55. The number of fused-ring (bicyclic) bond motifs is 2. The second-order valence-corrected chi connectivity index (χ2v) is 7.80. The minimum atomic E-state index is -0.157. The zero-order chi connectivity index (χ0) is 20.8. The number of nitrogens with two attached hydrogens (primary N) is 1. The van der Waals surface area contributed by atoms with Gasteiger partial charge in [-0.25, -0.2) is 4.79 Å². The first-order valence-corrected chi connectivity index (χ1v) is 10.2. The number of nitrogens with one attached hydrogen (secondary N) is 1. The van der Waals surface area contributed by atoms with Crippen LogP contribution in [0.15, 0.2) is 24.4 Å². The van der Waals surface area contributed by atoms with Crippen LogP contribution >= 0.6 is 11.7 Å². The van der Waals surface area contributed by atoms with Crippen LogP contribution in [0.25, 0.3) is 22.1 Å². The number of carbonyl (C=O) groups excluding carboxylic acids is 1. The van der Waals surface area contributed by atoms with Gasteiger partial charge in [0.2, 0.25) is 5.95 Å². The molecule has 0 spiro atoms. The van der Waals surface area contributed by atoms with Crippen LogP contribution < -0.4 is 16.0 Å². The molecular formula is C18H20N10OS. The lowest BCUT2D eigenvalue weighted by molar-refractivity contribution is 0.200. The van der Waals surface area contributed by atoms with Crippen molar-refractivity contribution in [1.82, 2.24) is 33.4 Å². The zero-order valence-electron chi connectivity index (χ0n) is 16.5. The number of nitrogen functional groups attached to an aromatic ring is 1. The minimum Gasteiger partial charge on any atom is -0.368 e. The summed E-state index contributed by atoms with van der Waals surface area (Å²) in [7, 11) is 1.82. The van der Waals surface area contributed by atoms with E-state index in [2.05, 4.69) is 41.0 Å². The lowest BCUT2D eigenvalue weighted by atomic mass is 10.2. The minimum absolute atomic E-state index is 0.0407. The Morgan fingerprint density at radius 2 is 2.13 bits per heavy atom. The molecule has 4 aromatic rings. The van der Waals surface area contributed by atoms with Gasteiger partial charge >= 0.3 is 6.03 Å². The smallest absolute Gasteiger partial charge is 0.322 e. The van der Waals surface area contributed by atoms with Gasteiger partial charge in [0, 0.05) is 32.7 Å². The number of rotatable bonds is 2. The quantitative estimate of drug-likeness (QED) is 0.497. The second-order valence-electron chi connectivity index (χ2n) is 7.27. The molecule has 0 radical (unpaired) electrons. The van der Waals surface area contributed by atoms with Gasteiger partial charge in [0.25, 0.3) is 0 Å². The van der Waals surface area contributed by atoms with E-state index in [4.69, 9.17) is 5.73 Å². The van der Waals surface area contributed by atoms with Crippen LogP contribution in [0, 0.1) is 0 Å². The Bertz CT molecular complexity index is 1250. The molecule has 1 atom stereocenters. The monoisotopic (exact) mass is 424 g/mol. The third-order valence-electron chi connectivity index (χ3n) is 5.30. The molecule has 0 bridgehead atoms. The van der Waals surface area contributed by atoms with E-state index < -0.39 is 0 Å². The fraction of sp³-hybridized carbons (Fsp3) is 0.333. The molecule has 5 rings (SSSR count). The molecular weight excluding hydrogens is 404 g/mol. The van der Waals surface area contributed by atoms with E-state index in [1.807, 2.05) is 25.2 Å². The van der Waals surface area contributed by atoms with Crippen molar-refractivity contribution in [2.45, 2.75) is 13.0 Å². The van der Waals surface area contributed by atoms with Crippen molar-refractivity contribution in [3.05, 3.63) is 24.4 Å². The average Bonchev–Trinajstić information content (AvgIpc) is 3.35. The van der Waals surface area contributed by atoms with Crippen molar-refractivity contribution in [2.24, 2.45) is 7.05 Å². The Hall–Kier alpha value is -3.54. The summed E-state index contributed by atoms with van der Waals surface area (Å²) in [6.45, 7) is 3.78. The summed E-state index contributed by atoms with van der Waals surface area (Å²) in [5.41, 5.74) is 8.77. The topological polar surface area (TPSA) is 131 Å². The number of aromatic nitrogens is 6. The van der Waals surface area contributed by atoms with Crippen molar-refractivity contribution in [2.75, 3.05) is 35.6 Å². The van der Waals surface area contributed by atoms with Gasteiger partial charge in [-0.15, -0.1) is 0 Å². The standard InChI is InChI=1S/C18H20N10OS/c1-10-9-27(18(29)21-12-4-3-5-13-14(12)25-30-24-13)6-7-28(10)16-11-8-20-26(2)15(11)22-17(19)23-16/h3-5,8,10H,6-7,9H2,1-2H3,(H,21,29)(H2,19,22,23). The number of piperazine rings is 1. The Balaban J connectivity index is 1.35. The summed E-state index contributed by atoms with van der Waals surface area (Å²) >= 11 is 1.13.